The SMILES string of the molecule is C=C1c2ccccc2C(=O)N1CC(=O)NCCn1c(C)nc2ccccc21. The van der Waals surface area contributed by atoms with Crippen LogP contribution in [0.3, 0.4) is 0 Å². The summed E-state index contributed by atoms with van der Waals surface area (Å²) in [5.41, 5.74) is 3.94. The Kier molecular flexibility index (Phi) is 4.24. The maximum absolute atomic E-state index is 12.5. The van der Waals surface area contributed by atoms with Gasteiger partial charge in [-0.3, -0.25) is 14.5 Å². The van der Waals surface area contributed by atoms with Crippen molar-refractivity contribution in [3.8, 4) is 0 Å². The number of nitrogens with zero attached hydrogens (tertiary/aromatic N) is 3. The number of hydrogen-bond acceptors (Lipinski definition) is 3. The maximum Gasteiger partial charge on any atom is 0.259 e. The lowest BCUT2D eigenvalue weighted by Crippen LogP contribution is -2.38. The largest absolute Gasteiger partial charge is 0.353 e. The van der Waals surface area contributed by atoms with E-state index in [1.165, 1.54) is 4.90 Å². The number of rotatable bonds is 5. The van der Waals surface area contributed by atoms with Gasteiger partial charge in [0, 0.05) is 29.9 Å². The van der Waals surface area contributed by atoms with Crippen molar-refractivity contribution in [2.45, 2.75) is 13.5 Å². The topological polar surface area (TPSA) is 67.2 Å². The average Bonchev–Trinajstić information content (AvgIpc) is 3.11. The van der Waals surface area contributed by atoms with Crippen LogP contribution in [0.15, 0.2) is 55.1 Å². The molecule has 1 aliphatic rings. The second kappa shape index (κ2) is 6.72. The first-order chi connectivity index (χ1) is 13.1. The summed E-state index contributed by atoms with van der Waals surface area (Å²) in [6, 6.07) is 15.2. The first kappa shape index (κ1) is 17.0. The standard InChI is InChI=1S/C21H20N4O2/c1-14-16-7-3-4-8-17(16)21(27)25(14)13-20(26)22-11-12-24-15(2)23-18-9-5-6-10-19(18)24/h3-10H,1,11-13H2,2H3,(H,22,26). The predicted molar refractivity (Wildman–Crippen MR) is 104 cm³/mol. The Labute approximate surface area is 157 Å². The minimum absolute atomic E-state index is 0.0317. The zero-order chi connectivity index (χ0) is 19.0. The maximum atomic E-state index is 12.5. The Hall–Kier alpha value is -3.41. The van der Waals surface area contributed by atoms with E-state index in [1.54, 1.807) is 6.07 Å². The second-order valence-corrected chi connectivity index (χ2v) is 6.53. The van der Waals surface area contributed by atoms with Crippen LogP contribution in [0.1, 0.15) is 21.7 Å². The van der Waals surface area contributed by atoms with E-state index >= 15 is 0 Å². The van der Waals surface area contributed by atoms with Crippen LogP contribution in [0.25, 0.3) is 16.7 Å². The summed E-state index contributed by atoms with van der Waals surface area (Å²) < 4.78 is 2.07. The van der Waals surface area contributed by atoms with Crippen LogP contribution in [0.2, 0.25) is 0 Å². The quantitative estimate of drug-likeness (QED) is 0.760. The van der Waals surface area contributed by atoms with Gasteiger partial charge in [0.25, 0.3) is 5.91 Å². The lowest BCUT2D eigenvalue weighted by atomic mass is 10.1. The highest BCUT2D eigenvalue weighted by atomic mass is 16.2. The fourth-order valence-corrected chi connectivity index (χ4v) is 3.49. The van der Waals surface area contributed by atoms with Gasteiger partial charge in [0.05, 0.1) is 11.0 Å². The molecule has 1 aliphatic heterocycles. The van der Waals surface area contributed by atoms with Gasteiger partial charge >= 0.3 is 0 Å². The van der Waals surface area contributed by atoms with Gasteiger partial charge in [-0.25, -0.2) is 4.98 Å². The van der Waals surface area contributed by atoms with Crippen molar-refractivity contribution in [3.63, 3.8) is 0 Å². The lowest BCUT2D eigenvalue weighted by Gasteiger charge is -2.17. The number of aryl methyl sites for hydroxylation is 1. The van der Waals surface area contributed by atoms with Crippen molar-refractivity contribution in [2.75, 3.05) is 13.1 Å². The van der Waals surface area contributed by atoms with Crippen molar-refractivity contribution in [1.82, 2.24) is 19.8 Å². The second-order valence-electron chi connectivity index (χ2n) is 6.53. The third kappa shape index (κ3) is 2.99. The molecule has 136 valence electrons. The predicted octanol–water partition coefficient (Wildman–Crippen LogP) is 2.59. The number of fused-ring (bicyclic) bond motifs is 2. The van der Waals surface area contributed by atoms with Crippen molar-refractivity contribution in [3.05, 3.63) is 72.1 Å². The molecule has 0 bridgehead atoms. The van der Waals surface area contributed by atoms with Crippen molar-refractivity contribution in [2.24, 2.45) is 0 Å². The molecular formula is C21H20N4O2. The molecule has 6 nitrogen and oxygen atoms in total. The molecule has 1 N–H and O–H groups in total. The van der Waals surface area contributed by atoms with Crippen LogP contribution < -0.4 is 5.32 Å². The Bertz CT molecular complexity index is 1030. The molecule has 4 rings (SSSR count). The molecule has 0 saturated heterocycles. The third-order valence-corrected chi connectivity index (χ3v) is 4.84. The Morgan fingerprint density at radius 3 is 2.59 bits per heavy atom. The van der Waals surface area contributed by atoms with E-state index in [4.69, 9.17) is 0 Å². The van der Waals surface area contributed by atoms with E-state index < -0.39 is 0 Å². The van der Waals surface area contributed by atoms with Crippen molar-refractivity contribution in [1.29, 1.82) is 0 Å². The van der Waals surface area contributed by atoms with Gasteiger partial charge in [-0.15, -0.1) is 0 Å². The van der Waals surface area contributed by atoms with Crippen LogP contribution in [-0.2, 0) is 11.3 Å². The number of benzene rings is 2. The zero-order valence-corrected chi connectivity index (χ0v) is 15.1. The smallest absolute Gasteiger partial charge is 0.259 e. The number of para-hydroxylation sites is 2. The van der Waals surface area contributed by atoms with Gasteiger partial charge in [-0.05, 0) is 25.1 Å². The summed E-state index contributed by atoms with van der Waals surface area (Å²) in [7, 11) is 0. The fourth-order valence-electron chi connectivity index (χ4n) is 3.49. The van der Waals surface area contributed by atoms with Gasteiger partial charge in [-0.2, -0.15) is 0 Å². The summed E-state index contributed by atoms with van der Waals surface area (Å²) in [4.78, 5) is 30.8. The normalized spacial score (nSPS) is 13.3. The van der Waals surface area contributed by atoms with Gasteiger partial charge < -0.3 is 9.88 Å². The molecule has 2 heterocycles. The summed E-state index contributed by atoms with van der Waals surface area (Å²) in [6.07, 6.45) is 0. The van der Waals surface area contributed by atoms with Gasteiger partial charge in [0.1, 0.15) is 12.4 Å². The van der Waals surface area contributed by atoms with Crippen LogP contribution in [-0.4, -0.2) is 39.4 Å². The molecule has 0 atom stereocenters. The highest BCUT2D eigenvalue weighted by molar-refractivity contribution is 6.10. The first-order valence-electron chi connectivity index (χ1n) is 8.85. The molecule has 0 radical (unpaired) electrons. The number of carbonyl (C=O) groups excluding carboxylic acids is 2. The van der Waals surface area contributed by atoms with Gasteiger partial charge in [-0.1, -0.05) is 36.9 Å². The molecular weight excluding hydrogens is 340 g/mol. The number of aromatic nitrogens is 2. The number of amides is 2. The Morgan fingerprint density at radius 2 is 1.81 bits per heavy atom. The molecule has 27 heavy (non-hydrogen) atoms. The molecule has 0 unspecified atom stereocenters. The fraction of sp³-hybridized carbons (Fsp3) is 0.190. The van der Waals surface area contributed by atoms with E-state index in [0.717, 1.165) is 22.4 Å². The zero-order valence-electron chi connectivity index (χ0n) is 15.1. The molecule has 2 amide bonds. The van der Waals surface area contributed by atoms with Crippen LogP contribution >= 0.6 is 0 Å². The average molecular weight is 360 g/mol. The first-order valence-corrected chi connectivity index (χ1v) is 8.85. The number of carbonyl (C=O) groups is 2. The number of hydrogen-bond donors (Lipinski definition) is 1. The van der Waals surface area contributed by atoms with Gasteiger partial charge in [0.2, 0.25) is 5.91 Å². The van der Waals surface area contributed by atoms with E-state index in [9.17, 15) is 9.59 Å². The van der Waals surface area contributed by atoms with Crippen molar-refractivity contribution >= 4 is 28.5 Å². The molecule has 6 heteroatoms. The molecule has 0 saturated carbocycles. The molecule has 0 aliphatic carbocycles. The molecule has 1 aromatic heterocycles. The van der Waals surface area contributed by atoms with E-state index in [2.05, 4.69) is 21.4 Å². The number of nitrogens with one attached hydrogen (secondary N) is 1. The van der Waals surface area contributed by atoms with Gasteiger partial charge in [0.15, 0.2) is 0 Å². The lowest BCUT2D eigenvalue weighted by molar-refractivity contribution is -0.121. The minimum atomic E-state index is -0.209. The Morgan fingerprint density at radius 1 is 1.11 bits per heavy atom. The highest BCUT2D eigenvalue weighted by Crippen LogP contribution is 2.30. The number of imidazole rings is 1. The van der Waals surface area contributed by atoms with Crippen LogP contribution in [0, 0.1) is 6.92 Å². The summed E-state index contributed by atoms with van der Waals surface area (Å²) >= 11 is 0. The van der Waals surface area contributed by atoms with E-state index in [1.807, 2.05) is 49.4 Å². The van der Waals surface area contributed by atoms with E-state index in [-0.39, 0.29) is 18.4 Å². The summed E-state index contributed by atoms with van der Waals surface area (Å²) in [5, 5.41) is 2.89. The summed E-state index contributed by atoms with van der Waals surface area (Å²) in [5.74, 6) is 0.519. The molecule has 2 aromatic carbocycles. The van der Waals surface area contributed by atoms with Crippen LogP contribution in [0.5, 0.6) is 0 Å². The summed E-state index contributed by atoms with van der Waals surface area (Å²) in [6.45, 7) is 6.96. The minimum Gasteiger partial charge on any atom is -0.353 e. The third-order valence-electron chi connectivity index (χ3n) is 4.84. The molecule has 3 aromatic rings. The Balaban J connectivity index is 1.37. The molecule has 0 fully saturated rings. The van der Waals surface area contributed by atoms with E-state index in [0.29, 0.717) is 24.4 Å². The van der Waals surface area contributed by atoms with Crippen molar-refractivity contribution < 1.29 is 9.59 Å². The van der Waals surface area contributed by atoms with Crippen LogP contribution in [0.4, 0.5) is 0 Å². The highest BCUT2D eigenvalue weighted by Gasteiger charge is 2.31. The monoisotopic (exact) mass is 360 g/mol. The molecule has 0 spiro atoms.